The van der Waals surface area contributed by atoms with Crippen molar-refractivity contribution in [1.29, 1.82) is 0 Å². The van der Waals surface area contributed by atoms with Crippen molar-refractivity contribution in [1.82, 2.24) is 10.6 Å². The van der Waals surface area contributed by atoms with Gasteiger partial charge in [0.15, 0.2) is 0 Å². The van der Waals surface area contributed by atoms with E-state index >= 15 is 0 Å². The molecule has 0 saturated carbocycles. The van der Waals surface area contributed by atoms with E-state index in [1.165, 1.54) is 6.92 Å². The monoisotopic (exact) mass is 387 g/mol. The second kappa shape index (κ2) is 9.73. The summed E-state index contributed by atoms with van der Waals surface area (Å²) in [5.41, 5.74) is 7.15. The van der Waals surface area contributed by atoms with E-state index in [0.29, 0.717) is 11.4 Å². The average molecular weight is 388 g/mol. The van der Waals surface area contributed by atoms with Gasteiger partial charge in [0.1, 0.15) is 12.1 Å². The lowest BCUT2D eigenvalue weighted by Crippen LogP contribution is -2.54. The first kappa shape index (κ1) is 20.5. The SMILES string of the molecule is CC(=O)N[C@H](Cc1ccccc1)C(=O)N[C@H](Cc1ccc(Cl)cc1)C(N)=O. The predicted molar refractivity (Wildman–Crippen MR) is 104 cm³/mol. The third-order valence-electron chi connectivity index (χ3n) is 3.99. The number of amides is 3. The highest BCUT2D eigenvalue weighted by Gasteiger charge is 2.25. The van der Waals surface area contributed by atoms with Crippen molar-refractivity contribution in [2.24, 2.45) is 5.73 Å². The van der Waals surface area contributed by atoms with Crippen LogP contribution >= 0.6 is 11.6 Å². The topological polar surface area (TPSA) is 101 Å². The highest BCUT2D eigenvalue weighted by atomic mass is 35.5. The molecule has 0 aliphatic rings. The van der Waals surface area contributed by atoms with E-state index in [4.69, 9.17) is 17.3 Å². The molecule has 6 nitrogen and oxygen atoms in total. The molecule has 0 aliphatic carbocycles. The van der Waals surface area contributed by atoms with Gasteiger partial charge in [-0.1, -0.05) is 54.1 Å². The molecule has 0 heterocycles. The Kier molecular flexibility index (Phi) is 7.37. The Morgan fingerprint density at radius 3 is 2.00 bits per heavy atom. The highest BCUT2D eigenvalue weighted by molar-refractivity contribution is 6.30. The third-order valence-corrected chi connectivity index (χ3v) is 4.24. The molecule has 142 valence electrons. The molecule has 2 rings (SSSR count). The molecule has 7 heteroatoms. The lowest BCUT2D eigenvalue weighted by Gasteiger charge is -2.22. The van der Waals surface area contributed by atoms with E-state index in [0.717, 1.165) is 11.1 Å². The van der Waals surface area contributed by atoms with Crippen LogP contribution < -0.4 is 16.4 Å². The van der Waals surface area contributed by atoms with Crippen LogP contribution in [0.4, 0.5) is 0 Å². The lowest BCUT2D eigenvalue weighted by atomic mass is 10.0. The van der Waals surface area contributed by atoms with Crippen LogP contribution in [-0.4, -0.2) is 29.8 Å². The normalized spacial score (nSPS) is 12.7. The number of nitrogens with two attached hydrogens (primary N) is 1. The maximum Gasteiger partial charge on any atom is 0.243 e. The van der Waals surface area contributed by atoms with Crippen molar-refractivity contribution in [2.45, 2.75) is 31.8 Å². The Hall–Kier alpha value is -2.86. The van der Waals surface area contributed by atoms with E-state index in [-0.39, 0.29) is 12.3 Å². The number of rotatable bonds is 8. The van der Waals surface area contributed by atoms with Crippen LogP contribution in [0, 0.1) is 0 Å². The first-order valence-electron chi connectivity index (χ1n) is 8.50. The maximum atomic E-state index is 12.7. The second-order valence-corrected chi connectivity index (χ2v) is 6.67. The average Bonchev–Trinajstić information content (AvgIpc) is 2.62. The Balaban J connectivity index is 2.10. The Bertz CT molecular complexity index is 794. The number of halogens is 1. The molecule has 27 heavy (non-hydrogen) atoms. The summed E-state index contributed by atoms with van der Waals surface area (Å²) < 4.78 is 0. The van der Waals surface area contributed by atoms with Crippen molar-refractivity contribution < 1.29 is 14.4 Å². The number of primary amides is 1. The number of carbonyl (C=O) groups is 3. The van der Waals surface area contributed by atoms with Crippen LogP contribution in [0.2, 0.25) is 5.02 Å². The van der Waals surface area contributed by atoms with E-state index in [9.17, 15) is 14.4 Å². The fourth-order valence-corrected chi connectivity index (χ4v) is 2.78. The number of nitrogens with one attached hydrogen (secondary N) is 2. The van der Waals surface area contributed by atoms with Gasteiger partial charge in [-0.2, -0.15) is 0 Å². The molecule has 0 aromatic heterocycles. The van der Waals surface area contributed by atoms with E-state index < -0.39 is 23.9 Å². The summed E-state index contributed by atoms with van der Waals surface area (Å²) in [6, 6.07) is 14.5. The molecule has 0 radical (unpaired) electrons. The first-order valence-corrected chi connectivity index (χ1v) is 8.88. The van der Waals surface area contributed by atoms with Crippen molar-refractivity contribution in [3.05, 3.63) is 70.7 Å². The minimum Gasteiger partial charge on any atom is -0.368 e. The smallest absolute Gasteiger partial charge is 0.243 e. The van der Waals surface area contributed by atoms with Crippen LogP contribution in [0.3, 0.4) is 0 Å². The van der Waals surface area contributed by atoms with E-state index in [2.05, 4.69) is 10.6 Å². The fourth-order valence-electron chi connectivity index (χ4n) is 2.66. The Morgan fingerprint density at radius 1 is 0.889 bits per heavy atom. The zero-order valence-corrected chi connectivity index (χ0v) is 15.7. The van der Waals surface area contributed by atoms with Gasteiger partial charge in [-0.15, -0.1) is 0 Å². The molecule has 2 atom stereocenters. The van der Waals surface area contributed by atoms with Gasteiger partial charge in [0.25, 0.3) is 0 Å². The summed E-state index contributed by atoms with van der Waals surface area (Å²) in [5, 5.41) is 5.84. The van der Waals surface area contributed by atoms with Crippen LogP contribution in [0.5, 0.6) is 0 Å². The van der Waals surface area contributed by atoms with Crippen molar-refractivity contribution >= 4 is 29.3 Å². The zero-order chi connectivity index (χ0) is 19.8. The molecule has 0 aliphatic heterocycles. The van der Waals surface area contributed by atoms with Crippen LogP contribution in [0.1, 0.15) is 18.1 Å². The van der Waals surface area contributed by atoms with Gasteiger partial charge in [-0.25, -0.2) is 0 Å². The molecule has 2 aromatic rings. The fraction of sp³-hybridized carbons (Fsp3) is 0.250. The Labute approximate surface area is 163 Å². The summed E-state index contributed by atoms with van der Waals surface area (Å²) >= 11 is 5.86. The minimum absolute atomic E-state index is 0.233. The van der Waals surface area contributed by atoms with Crippen molar-refractivity contribution in [3.63, 3.8) is 0 Å². The van der Waals surface area contributed by atoms with Gasteiger partial charge < -0.3 is 16.4 Å². The number of hydrogen-bond donors (Lipinski definition) is 3. The van der Waals surface area contributed by atoms with Gasteiger partial charge in [-0.3, -0.25) is 14.4 Å². The zero-order valence-electron chi connectivity index (χ0n) is 14.9. The summed E-state index contributed by atoms with van der Waals surface area (Å²) in [6.45, 7) is 1.34. The standard InChI is InChI=1S/C20H22ClN3O3/c1-13(25)23-18(12-14-5-3-2-4-6-14)20(27)24-17(19(22)26)11-15-7-9-16(21)10-8-15/h2-10,17-18H,11-12H2,1H3,(H2,22,26)(H,23,25)(H,24,27)/t17-,18-/m1/s1. The maximum absolute atomic E-state index is 12.7. The second-order valence-electron chi connectivity index (χ2n) is 6.24. The van der Waals surface area contributed by atoms with Crippen LogP contribution in [0.15, 0.2) is 54.6 Å². The predicted octanol–water partition coefficient (Wildman–Crippen LogP) is 1.60. The molecule has 4 N–H and O–H groups in total. The van der Waals surface area contributed by atoms with Gasteiger partial charge in [-0.05, 0) is 23.3 Å². The first-order chi connectivity index (χ1) is 12.8. The largest absolute Gasteiger partial charge is 0.368 e. The number of hydrogen-bond acceptors (Lipinski definition) is 3. The van der Waals surface area contributed by atoms with Crippen molar-refractivity contribution in [3.8, 4) is 0 Å². The molecule has 0 fully saturated rings. The van der Waals surface area contributed by atoms with E-state index in [1.807, 2.05) is 30.3 Å². The minimum atomic E-state index is -0.897. The molecule has 0 bridgehead atoms. The molecule has 0 spiro atoms. The van der Waals surface area contributed by atoms with Crippen molar-refractivity contribution in [2.75, 3.05) is 0 Å². The summed E-state index contributed by atoms with van der Waals surface area (Å²) in [4.78, 5) is 36.0. The molecular formula is C20H22ClN3O3. The molecule has 3 amide bonds. The molecule has 0 saturated heterocycles. The number of benzene rings is 2. The lowest BCUT2D eigenvalue weighted by molar-refractivity contribution is -0.130. The molecular weight excluding hydrogens is 366 g/mol. The summed E-state index contributed by atoms with van der Waals surface area (Å²) in [5.74, 6) is -1.45. The van der Waals surface area contributed by atoms with Gasteiger partial charge in [0.05, 0.1) is 0 Å². The van der Waals surface area contributed by atoms with Gasteiger partial charge in [0, 0.05) is 24.8 Å². The summed E-state index contributed by atoms with van der Waals surface area (Å²) in [6.07, 6.45) is 0.537. The quantitative estimate of drug-likeness (QED) is 0.641. The van der Waals surface area contributed by atoms with Crippen LogP contribution in [-0.2, 0) is 27.2 Å². The summed E-state index contributed by atoms with van der Waals surface area (Å²) in [7, 11) is 0. The number of carbonyl (C=O) groups excluding carboxylic acids is 3. The molecule has 0 unspecified atom stereocenters. The van der Waals surface area contributed by atoms with Gasteiger partial charge in [0.2, 0.25) is 17.7 Å². The molecule has 2 aromatic carbocycles. The van der Waals surface area contributed by atoms with Gasteiger partial charge >= 0.3 is 0 Å². The highest BCUT2D eigenvalue weighted by Crippen LogP contribution is 2.11. The van der Waals surface area contributed by atoms with E-state index in [1.54, 1.807) is 24.3 Å². The third kappa shape index (κ3) is 6.75. The van der Waals surface area contributed by atoms with Crippen LogP contribution in [0.25, 0.3) is 0 Å². The Morgan fingerprint density at radius 2 is 1.44 bits per heavy atom.